The van der Waals surface area contributed by atoms with E-state index < -0.39 is 0 Å². The van der Waals surface area contributed by atoms with E-state index in [1.165, 1.54) is 0 Å². The molecule has 0 aliphatic heterocycles. The zero-order chi connectivity index (χ0) is 9.97. The van der Waals surface area contributed by atoms with Crippen LogP contribution in [0.2, 0.25) is 0 Å². The molecule has 6 nitrogen and oxygen atoms in total. The predicted molar refractivity (Wildman–Crippen MR) is 50.3 cm³/mol. The molecule has 2 aromatic rings. The fourth-order valence-corrected chi connectivity index (χ4v) is 1.14. The number of nitrogens with zero attached hydrogens (tertiary/aromatic N) is 4. The van der Waals surface area contributed by atoms with E-state index in [0.29, 0.717) is 12.4 Å². The predicted octanol–water partition coefficient (Wildman–Crippen LogP) is 0.0692. The average Bonchev–Trinajstić information content (AvgIpc) is 2.75. The number of aromatic nitrogens is 5. The Morgan fingerprint density at radius 1 is 1.64 bits per heavy atom. The van der Waals surface area contributed by atoms with Gasteiger partial charge in [0.15, 0.2) is 5.82 Å². The van der Waals surface area contributed by atoms with Crippen molar-refractivity contribution in [2.45, 2.75) is 19.5 Å². The first kappa shape index (κ1) is 8.89. The zero-order valence-corrected chi connectivity index (χ0v) is 7.88. The Morgan fingerprint density at radius 3 is 3.07 bits per heavy atom. The lowest BCUT2D eigenvalue weighted by molar-refractivity contribution is 0.735. The molecule has 0 bridgehead atoms. The van der Waals surface area contributed by atoms with Gasteiger partial charge in [0.1, 0.15) is 5.82 Å². The minimum atomic E-state index is -0.136. The SMILES string of the molecule is CC(N)c1n[nH]c(Cn2ccnc2)n1. The lowest BCUT2D eigenvalue weighted by Crippen LogP contribution is -2.07. The van der Waals surface area contributed by atoms with Crippen molar-refractivity contribution in [1.82, 2.24) is 24.7 Å². The number of nitrogens with two attached hydrogens (primary N) is 1. The third-order valence-corrected chi connectivity index (χ3v) is 1.85. The first-order valence-corrected chi connectivity index (χ1v) is 4.38. The minimum absolute atomic E-state index is 0.136. The van der Waals surface area contributed by atoms with Crippen molar-refractivity contribution in [3.05, 3.63) is 30.4 Å². The standard InChI is InChI=1S/C8H12N6/c1-6(9)8-11-7(12-13-8)4-14-3-2-10-5-14/h2-3,5-6H,4,9H2,1H3,(H,11,12,13). The van der Waals surface area contributed by atoms with Gasteiger partial charge >= 0.3 is 0 Å². The average molecular weight is 192 g/mol. The van der Waals surface area contributed by atoms with Gasteiger partial charge in [0.2, 0.25) is 0 Å². The number of nitrogens with one attached hydrogen (secondary N) is 1. The third kappa shape index (κ3) is 1.80. The summed E-state index contributed by atoms with van der Waals surface area (Å²) < 4.78 is 1.91. The molecule has 1 atom stereocenters. The first-order chi connectivity index (χ1) is 6.75. The highest BCUT2D eigenvalue weighted by Crippen LogP contribution is 2.03. The molecule has 0 radical (unpaired) electrons. The Bertz CT molecular complexity index is 388. The van der Waals surface area contributed by atoms with E-state index in [4.69, 9.17) is 5.73 Å². The maximum absolute atomic E-state index is 5.64. The smallest absolute Gasteiger partial charge is 0.167 e. The van der Waals surface area contributed by atoms with Crippen molar-refractivity contribution in [1.29, 1.82) is 0 Å². The summed E-state index contributed by atoms with van der Waals surface area (Å²) >= 11 is 0. The molecule has 0 saturated heterocycles. The Labute approximate surface area is 81.2 Å². The van der Waals surface area contributed by atoms with Crippen molar-refractivity contribution < 1.29 is 0 Å². The van der Waals surface area contributed by atoms with Crippen LogP contribution in [0, 0.1) is 0 Å². The van der Waals surface area contributed by atoms with E-state index in [1.807, 2.05) is 17.7 Å². The molecule has 1 unspecified atom stereocenters. The van der Waals surface area contributed by atoms with Crippen molar-refractivity contribution in [3.8, 4) is 0 Å². The van der Waals surface area contributed by atoms with Gasteiger partial charge in [-0.1, -0.05) is 0 Å². The summed E-state index contributed by atoms with van der Waals surface area (Å²) in [6.07, 6.45) is 5.32. The van der Waals surface area contributed by atoms with Crippen LogP contribution in [0.25, 0.3) is 0 Å². The number of hydrogen-bond donors (Lipinski definition) is 2. The molecule has 0 aliphatic carbocycles. The molecular formula is C8H12N6. The van der Waals surface area contributed by atoms with E-state index in [1.54, 1.807) is 12.5 Å². The van der Waals surface area contributed by atoms with Gasteiger partial charge in [0.25, 0.3) is 0 Å². The van der Waals surface area contributed by atoms with Crippen molar-refractivity contribution in [2.75, 3.05) is 0 Å². The van der Waals surface area contributed by atoms with Gasteiger partial charge in [-0.15, -0.1) is 0 Å². The van der Waals surface area contributed by atoms with Crippen LogP contribution in [0.3, 0.4) is 0 Å². The fourth-order valence-electron chi connectivity index (χ4n) is 1.14. The topological polar surface area (TPSA) is 85.4 Å². The summed E-state index contributed by atoms with van der Waals surface area (Å²) in [5.41, 5.74) is 5.64. The maximum Gasteiger partial charge on any atom is 0.167 e. The van der Waals surface area contributed by atoms with E-state index in [-0.39, 0.29) is 6.04 Å². The van der Waals surface area contributed by atoms with Gasteiger partial charge in [-0.05, 0) is 6.92 Å². The maximum atomic E-state index is 5.64. The molecule has 0 spiro atoms. The fraction of sp³-hybridized carbons (Fsp3) is 0.375. The van der Waals surface area contributed by atoms with Gasteiger partial charge < -0.3 is 10.3 Å². The highest BCUT2D eigenvalue weighted by molar-refractivity contribution is 4.95. The van der Waals surface area contributed by atoms with E-state index >= 15 is 0 Å². The normalized spacial score (nSPS) is 13.0. The third-order valence-electron chi connectivity index (χ3n) is 1.85. The quantitative estimate of drug-likeness (QED) is 0.720. The monoisotopic (exact) mass is 192 g/mol. The molecule has 0 aliphatic rings. The molecule has 0 saturated carbocycles. The molecule has 0 fully saturated rings. The second-order valence-corrected chi connectivity index (χ2v) is 3.16. The zero-order valence-electron chi connectivity index (χ0n) is 7.88. The highest BCUT2D eigenvalue weighted by atomic mass is 15.2. The van der Waals surface area contributed by atoms with Crippen LogP contribution in [-0.2, 0) is 6.54 Å². The summed E-state index contributed by atoms with van der Waals surface area (Å²) in [5.74, 6) is 1.43. The molecule has 14 heavy (non-hydrogen) atoms. The molecule has 74 valence electrons. The Kier molecular flexibility index (Phi) is 2.28. The Morgan fingerprint density at radius 2 is 2.50 bits per heavy atom. The van der Waals surface area contributed by atoms with Crippen molar-refractivity contribution in [3.63, 3.8) is 0 Å². The largest absolute Gasteiger partial charge is 0.330 e. The van der Waals surface area contributed by atoms with Crippen LogP contribution >= 0.6 is 0 Å². The Balaban J connectivity index is 2.11. The van der Waals surface area contributed by atoms with Gasteiger partial charge in [-0.25, -0.2) is 9.97 Å². The van der Waals surface area contributed by atoms with Crippen molar-refractivity contribution >= 4 is 0 Å². The lowest BCUT2D eigenvalue weighted by Gasteiger charge is -1.96. The first-order valence-electron chi connectivity index (χ1n) is 4.38. The van der Waals surface area contributed by atoms with Gasteiger partial charge in [0.05, 0.1) is 18.9 Å². The Hall–Kier alpha value is -1.69. The summed E-state index contributed by atoms with van der Waals surface area (Å²) in [6.45, 7) is 2.49. The molecule has 2 heterocycles. The number of aromatic amines is 1. The van der Waals surface area contributed by atoms with Gasteiger partial charge in [0, 0.05) is 12.4 Å². The van der Waals surface area contributed by atoms with Crippen LogP contribution in [0.15, 0.2) is 18.7 Å². The molecule has 0 amide bonds. The van der Waals surface area contributed by atoms with Crippen LogP contribution < -0.4 is 5.73 Å². The second kappa shape index (κ2) is 3.59. The van der Waals surface area contributed by atoms with Gasteiger partial charge in [-0.2, -0.15) is 5.10 Å². The molecule has 2 rings (SSSR count). The van der Waals surface area contributed by atoms with E-state index in [9.17, 15) is 0 Å². The summed E-state index contributed by atoms with van der Waals surface area (Å²) in [7, 11) is 0. The minimum Gasteiger partial charge on any atom is -0.330 e. The van der Waals surface area contributed by atoms with Crippen molar-refractivity contribution in [2.24, 2.45) is 5.73 Å². The van der Waals surface area contributed by atoms with E-state index in [0.717, 1.165) is 5.82 Å². The van der Waals surface area contributed by atoms with E-state index in [2.05, 4.69) is 20.2 Å². The summed E-state index contributed by atoms with van der Waals surface area (Å²) in [5, 5.41) is 6.84. The molecule has 2 aromatic heterocycles. The van der Waals surface area contributed by atoms with Crippen LogP contribution in [0.1, 0.15) is 24.6 Å². The molecule has 3 N–H and O–H groups in total. The number of rotatable bonds is 3. The number of imidazole rings is 1. The van der Waals surface area contributed by atoms with Crippen LogP contribution in [0.4, 0.5) is 0 Å². The lowest BCUT2D eigenvalue weighted by atomic mass is 10.3. The molecule has 0 aromatic carbocycles. The number of hydrogen-bond acceptors (Lipinski definition) is 4. The van der Waals surface area contributed by atoms with Crippen LogP contribution in [0.5, 0.6) is 0 Å². The van der Waals surface area contributed by atoms with Gasteiger partial charge in [-0.3, -0.25) is 5.10 Å². The molecule has 6 heteroatoms. The summed E-state index contributed by atoms with van der Waals surface area (Å²) in [6, 6.07) is -0.136. The number of H-pyrrole nitrogens is 1. The van der Waals surface area contributed by atoms with Crippen LogP contribution in [-0.4, -0.2) is 24.7 Å². The molecular weight excluding hydrogens is 180 g/mol. The highest BCUT2D eigenvalue weighted by Gasteiger charge is 2.06. The second-order valence-electron chi connectivity index (χ2n) is 3.16. The summed E-state index contributed by atoms with van der Waals surface area (Å²) in [4.78, 5) is 8.18.